The summed E-state index contributed by atoms with van der Waals surface area (Å²) in [5.41, 5.74) is 5.28. The van der Waals surface area contributed by atoms with Crippen molar-refractivity contribution in [2.24, 2.45) is 11.7 Å². The fourth-order valence-electron chi connectivity index (χ4n) is 1.94. The van der Waals surface area contributed by atoms with Crippen molar-refractivity contribution in [3.05, 3.63) is 34.3 Å². The Labute approximate surface area is 115 Å². The molecule has 0 unspecified atom stereocenters. The topological polar surface area (TPSA) is 26.0 Å². The molecule has 0 spiro atoms. The Bertz CT molecular complexity index is 416. The van der Waals surface area contributed by atoms with E-state index in [9.17, 15) is 13.2 Å². The van der Waals surface area contributed by atoms with Crippen molar-refractivity contribution >= 4 is 24.0 Å². The van der Waals surface area contributed by atoms with Gasteiger partial charge in [-0.3, -0.25) is 0 Å². The van der Waals surface area contributed by atoms with E-state index in [4.69, 9.17) is 17.3 Å². The minimum atomic E-state index is -4.40. The van der Waals surface area contributed by atoms with E-state index < -0.39 is 17.8 Å². The highest BCUT2D eigenvalue weighted by Crippen LogP contribution is 2.41. The monoisotopic (exact) mass is 299 g/mol. The van der Waals surface area contributed by atoms with Crippen LogP contribution < -0.4 is 5.73 Å². The van der Waals surface area contributed by atoms with Crippen molar-refractivity contribution in [1.82, 2.24) is 0 Å². The van der Waals surface area contributed by atoms with Gasteiger partial charge in [0.15, 0.2) is 0 Å². The molecule has 1 aliphatic carbocycles. The number of nitrogens with two attached hydrogens (primary N) is 1. The molecule has 1 nitrogen and oxygen atoms in total. The van der Waals surface area contributed by atoms with E-state index in [1.165, 1.54) is 12.1 Å². The van der Waals surface area contributed by atoms with Gasteiger partial charge in [0, 0.05) is 11.1 Å². The summed E-state index contributed by atoms with van der Waals surface area (Å²) in [6.45, 7) is 0. The number of halogens is 5. The normalized spacial score (nSPS) is 17.2. The summed E-state index contributed by atoms with van der Waals surface area (Å²) in [5.74, 6) is 0.488. The average Bonchev–Trinajstić information content (AvgIpc) is 3.00. The van der Waals surface area contributed by atoms with Crippen LogP contribution in [0.1, 0.15) is 36.4 Å². The molecule has 0 aliphatic heterocycles. The van der Waals surface area contributed by atoms with E-state index in [0.29, 0.717) is 12.3 Å². The lowest BCUT2D eigenvalue weighted by molar-refractivity contribution is -0.138. The third-order valence-electron chi connectivity index (χ3n) is 3.00. The van der Waals surface area contributed by atoms with E-state index in [0.717, 1.165) is 18.9 Å². The smallest absolute Gasteiger partial charge is 0.324 e. The van der Waals surface area contributed by atoms with Crippen LogP contribution in [-0.2, 0) is 6.18 Å². The number of alkyl halides is 3. The summed E-state index contributed by atoms with van der Waals surface area (Å²) >= 11 is 5.60. The highest BCUT2D eigenvalue weighted by atomic mass is 35.5. The van der Waals surface area contributed by atoms with Crippen molar-refractivity contribution in [2.75, 3.05) is 0 Å². The SMILES string of the molecule is Cl.N[C@@H](CC1CC1)c1ccc(Cl)cc1C(F)(F)F. The quantitative estimate of drug-likeness (QED) is 0.868. The Morgan fingerprint density at radius 3 is 2.44 bits per heavy atom. The molecule has 2 N–H and O–H groups in total. The zero-order valence-corrected chi connectivity index (χ0v) is 11.1. The highest BCUT2D eigenvalue weighted by molar-refractivity contribution is 6.30. The van der Waals surface area contributed by atoms with Crippen LogP contribution in [0.4, 0.5) is 13.2 Å². The Morgan fingerprint density at radius 1 is 1.33 bits per heavy atom. The minimum absolute atomic E-state index is 0. The zero-order valence-electron chi connectivity index (χ0n) is 9.51. The van der Waals surface area contributed by atoms with Gasteiger partial charge < -0.3 is 5.73 Å². The summed E-state index contributed by atoms with van der Waals surface area (Å²) in [7, 11) is 0. The first-order valence-electron chi connectivity index (χ1n) is 5.50. The van der Waals surface area contributed by atoms with Crippen molar-refractivity contribution in [3.8, 4) is 0 Å². The number of benzene rings is 1. The van der Waals surface area contributed by atoms with Gasteiger partial charge in [0.25, 0.3) is 0 Å². The molecule has 6 heteroatoms. The molecule has 1 fully saturated rings. The first-order valence-corrected chi connectivity index (χ1v) is 5.88. The summed E-state index contributed by atoms with van der Waals surface area (Å²) in [4.78, 5) is 0. The maximum atomic E-state index is 12.8. The molecule has 0 saturated heterocycles. The molecule has 1 aromatic carbocycles. The summed E-state index contributed by atoms with van der Waals surface area (Å²) in [5, 5.41) is 0.0831. The van der Waals surface area contributed by atoms with Crippen LogP contribution >= 0.6 is 24.0 Å². The van der Waals surface area contributed by atoms with Gasteiger partial charge in [-0.05, 0) is 30.0 Å². The second-order valence-electron chi connectivity index (χ2n) is 4.51. The van der Waals surface area contributed by atoms with Gasteiger partial charge >= 0.3 is 6.18 Å². The fraction of sp³-hybridized carbons (Fsp3) is 0.500. The molecule has 1 atom stereocenters. The molecule has 0 bridgehead atoms. The molecule has 102 valence electrons. The Kier molecular flexibility index (Phi) is 4.92. The summed E-state index contributed by atoms with van der Waals surface area (Å²) in [6.07, 6.45) is -1.64. The van der Waals surface area contributed by atoms with Gasteiger partial charge in [0.05, 0.1) is 5.56 Å². The second-order valence-corrected chi connectivity index (χ2v) is 4.95. The number of hydrogen-bond acceptors (Lipinski definition) is 1. The third-order valence-corrected chi connectivity index (χ3v) is 3.24. The highest BCUT2D eigenvalue weighted by Gasteiger charge is 2.36. The van der Waals surface area contributed by atoms with E-state index in [1.54, 1.807) is 0 Å². The zero-order chi connectivity index (χ0) is 12.6. The molecule has 1 aromatic rings. The van der Waals surface area contributed by atoms with E-state index >= 15 is 0 Å². The molecular weight excluding hydrogens is 286 g/mol. The number of rotatable bonds is 3. The molecule has 0 radical (unpaired) electrons. The van der Waals surface area contributed by atoms with Crippen LogP contribution in [-0.4, -0.2) is 0 Å². The first kappa shape index (κ1) is 15.6. The van der Waals surface area contributed by atoms with Crippen LogP contribution in [0, 0.1) is 5.92 Å². The predicted molar refractivity (Wildman–Crippen MR) is 68.0 cm³/mol. The average molecular weight is 300 g/mol. The standard InChI is InChI=1S/C12H13ClF3N.ClH/c13-8-3-4-9(10(6-8)12(14,15)16)11(17)5-7-1-2-7;/h3-4,6-7,11H,1-2,5,17H2;1H/t11-;/m0./s1. The van der Waals surface area contributed by atoms with Gasteiger partial charge in [-0.1, -0.05) is 30.5 Å². The summed E-state index contributed by atoms with van der Waals surface area (Å²) in [6, 6.07) is 3.23. The van der Waals surface area contributed by atoms with Gasteiger partial charge in [-0.2, -0.15) is 13.2 Å². The molecule has 0 amide bonds. The molecular formula is C12H14Cl2F3N. The van der Waals surface area contributed by atoms with Crippen molar-refractivity contribution in [1.29, 1.82) is 0 Å². The Hall–Kier alpha value is -0.450. The Balaban J connectivity index is 0.00000162. The maximum absolute atomic E-state index is 12.8. The van der Waals surface area contributed by atoms with Crippen LogP contribution in [0.3, 0.4) is 0 Å². The van der Waals surface area contributed by atoms with E-state index in [-0.39, 0.29) is 23.0 Å². The van der Waals surface area contributed by atoms with Gasteiger partial charge in [-0.15, -0.1) is 12.4 Å². The third kappa shape index (κ3) is 3.77. The lowest BCUT2D eigenvalue weighted by Crippen LogP contribution is -2.18. The molecule has 0 aromatic heterocycles. The van der Waals surface area contributed by atoms with Gasteiger partial charge in [-0.25, -0.2) is 0 Å². The van der Waals surface area contributed by atoms with Crippen LogP contribution in [0.5, 0.6) is 0 Å². The van der Waals surface area contributed by atoms with Gasteiger partial charge in [0.1, 0.15) is 0 Å². The lowest BCUT2D eigenvalue weighted by atomic mass is 9.96. The van der Waals surface area contributed by atoms with Gasteiger partial charge in [0.2, 0.25) is 0 Å². The van der Waals surface area contributed by atoms with E-state index in [1.807, 2.05) is 0 Å². The molecule has 0 heterocycles. The van der Waals surface area contributed by atoms with Crippen LogP contribution in [0.2, 0.25) is 5.02 Å². The molecule has 1 saturated carbocycles. The van der Waals surface area contributed by atoms with Crippen molar-refractivity contribution in [2.45, 2.75) is 31.5 Å². The molecule has 2 rings (SSSR count). The fourth-order valence-corrected chi connectivity index (χ4v) is 2.11. The molecule has 1 aliphatic rings. The number of hydrogen-bond donors (Lipinski definition) is 1. The summed E-state index contributed by atoms with van der Waals surface area (Å²) < 4.78 is 38.5. The van der Waals surface area contributed by atoms with Crippen molar-refractivity contribution < 1.29 is 13.2 Å². The molecule has 18 heavy (non-hydrogen) atoms. The van der Waals surface area contributed by atoms with Crippen molar-refractivity contribution in [3.63, 3.8) is 0 Å². The van der Waals surface area contributed by atoms with Crippen LogP contribution in [0.15, 0.2) is 18.2 Å². The van der Waals surface area contributed by atoms with E-state index in [2.05, 4.69) is 0 Å². The maximum Gasteiger partial charge on any atom is 0.416 e. The minimum Gasteiger partial charge on any atom is -0.324 e. The predicted octanol–water partition coefficient (Wildman–Crippen LogP) is 4.58. The largest absolute Gasteiger partial charge is 0.416 e. The Morgan fingerprint density at radius 2 is 1.94 bits per heavy atom. The second kappa shape index (κ2) is 5.68. The lowest BCUT2D eigenvalue weighted by Gasteiger charge is -2.18. The first-order chi connectivity index (χ1) is 7.88. The van der Waals surface area contributed by atoms with Crippen LogP contribution in [0.25, 0.3) is 0 Å².